The summed E-state index contributed by atoms with van der Waals surface area (Å²) in [6, 6.07) is 22.7. The van der Waals surface area contributed by atoms with E-state index < -0.39 is 5.97 Å². The molecule has 0 aliphatic carbocycles. The molecule has 0 N–H and O–H groups in total. The van der Waals surface area contributed by atoms with Crippen LogP contribution < -0.4 is 18.9 Å². The Morgan fingerprint density at radius 2 is 1.41 bits per heavy atom. The molecule has 0 unspecified atom stereocenters. The summed E-state index contributed by atoms with van der Waals surface area (Å²) in [6.45, 7) is 4.08. The Morgan fingerprint density at radius 3 is 1.97 bits per heavy atom. The number of carbonyl (C=O) groups excluding carboxylic acids is 1. The molecule has 0 radical (unpaired) electrons. The lowest BCUT2D eigenvalue weighted by Gasteiger charge is -2.17. The third-order valence-corrected chi connectivity index (χ3v) is 4.06. The number of hydrogen-bond acceptors (Lipinski definition) is 5. The molecule has 0 spiro atoms. The van der Waals surface area contributed by atoms with E-state index in [4.69, 9.17) is 18.9 Å². The zero-order chi connectivity index (χ0) is 20.5. The third-order valence-electron chi connectivity index (χ3n) is 4.06. The van der Waals surface area contributed by atoms with Gasteiger partial charge in [0.25, 0.3) is 0 Å². The highest BCUT2D eigenvalue weighted by atomic mass is 16.6. The van der Waals surface area contributed by atoms with E-state index in [1.165, 1.54) is 7.11 Å². The molecule has 3 rings (SSSR count). The first-order valence-corrected chi connectivity index (χ1v) is 9.09. The highest BCUT2D eigenvalue weighted by Crippen LogP contribution is 2.42. The highest BCUT2D eigenvalue weighted by Gasteiger charge is 2.17. The van der Waals surface area contributed by atoms with Gasteiger partial charge in [0, 0.05) is 18.2 Å². The van der Waals surface area contributed by atoms with Crippen LogP contribution in [0.5, 0.6) is 23.0 Å². The van der Waals surface area contributed by atoms with E-state index in [-0.39, 0.29) is 5.75 Å². The lowest BCUT2D eigenvalue weighted by molar-refractivity contribution is -0.128. The number of methoxy groups -OCH3 is 1. The van der Waals surface area contributed by atoms with Gasteiger partial charge < -0.3 is 18.9 Å². The number of benzene rings is 3. The molecule has 5 heteroatoms. The van der Waals surface area contributed by atoms with Gasteiger partial charge in [0.05, 0.1) is 7.11 Å². The lowest BCUT2D eigenvalue weighted by atomic mass is 10.2. The summed E-state index contributed by atoms with van der Waals surface area (Å²) >= 11 is 0. The number of ether oxygens (including phenoxy) is 4. The first-order valence-electron chi connectivity index (χ1n) is 9.09. The average molecular weight is 390 g/mol. The van der Waals surface area contributed by atoms with Gasteiger partial charge >= 0.3 is 5.97 Å². The number of esters is 1. The summed E-state index contributed by atoms with van der Waals surface area (Å²) in [6.07, 6.45) is 1.09. The zero-order valence-electron chi connectivity index (χ0n) is 16.2. The van der Waals surface area contributed by atoms with Gasteiger partial charge in [0.15, 0.2) is 11.5 Å². The number of rotatable bonds is 9. The number of hydrogen-bond donors (Lipinski definition) is 0. The van der Waals surface area contributed by atoms with Crippen LogP contribution in [0.1, 0.15) is 11.1 Å². The van der Waals surface area contributed by atoms with Crippen molar-refractivity contribution in [2.75, 3.05) is 7.11 Å². The minimum absolute atomic E-state index is 0.280. The minimum Gasteiger partial charge on any atom is -0.493 e. The molecular formula is C24H22O5. The molecule has 0 saturated carbocycles. The molecule has 0 fully saturated rings. The van der Waals surface area contributed by atoms with Crippen LogP contribution in [0.2, 0.25) is 0 Å². The van der Waals surface area contributed by atoms with Gasteiger partial charge in [0.2, 0.25) is 5.75 Å². The Bertz CT molecular complexity index is 952. The van der Waals surface area contributed by atoms with E-state index in [1.807, 2.05) is 60.7 Å². The quantitative estimate of drug-likeness (QED) is 0.294. The summed E-state index contributed by atoms with van der Waals surface area (Å²) < 4.78 is 22.7. The van der Waals surface area contributed by atoms with Crippen molar-refractivity contribution in [1.82, 2.24) is 0 Å². The SMILES string of the molecule is C=CC(=O)Oc1cc(OC)c(OCc2ccccc2)c(OCc2ccccc2)c1. The van der Waals surface area contributed by atoms with Crippen LogP contribution in [0.3, 0.4) is 0 Å². The Hall–Kier alpha value is -3.73. The van der Waals surface area contributed by atoms with Crippen molar-refractivity contribution < 1.29 is 23.7 Å². The molecule has 0 heterocycles. The minimum atomic E-state index is -0.570. The van der Waals surface area contributed by atoms with E-state index >= 15 is 0 Å². The van der Waals surface area contributed by atoms with Crippen molar-refractivity contribution in [2.24, 2.45) is 0 Å². The number of carbonyl (C=O) groups is 1. The fourth-order valence-corrected chi connectivity index (χ4v) is 2.64. The van der Waals surface area contributed by atoms with Crippen molar-refractivity contribution in [2.45, 2.75) is 13.2 Å². The smallest absolute Gasteiger partial charge is 0.335 e. The molecule has 0 atom stereocenters. The van der Waals surface area contributed by atoms with Crippen LogP contribution in [-0.4, -0.2) is 13.1 Å². The Kier molecular flexibility index (Phi) is 6.90. The molecule has 0 amide bonds. The van der Waals surface area contributed by atoms with Gasteiger partial charge in [-0.25, -0.2) is 4.79 Å². The maximum absolute atomic E-state index is 11.6. The molecule has 148 valence electrons. The second kappa shape index (κ2) is 9.99. The van der Waals surface area contributed by atoms with Crippen LogP contribution in [0.15, 0.2) is 85.5 Å². The summed E-state index contributed by atoms with van der Waals surface area (Å²) in [5.74, 6) is 0.959. The van der Waals surface area contributed by atoms with Crippen LogP contribution in [0.25, 0.3) is 0 Å². The van der Waals surface area contributed by atoms with E-state index in [9.17, 15) is 4.79 Å². The Labute approximate surface area is 170 Å². The Balaban J connectivity index is 1.89. The van der Waals surface area contributed by atoms with E-state index in [0.29, 0.717) is 30.5 Å². The molecule has 0 bridgehead atoms. The normalized spacial score (nSPS) is 10.1. The zero-order valence-corrected chi connectivity index (χ0v) is 16.2. The topological polar surface area (TPSA) is 54.0 Å². The van der Waals surface area contributed by atoms with Crippen molar-refractivity contribution in [3.05, 3.63) is 96.6 Å². The van der Waals surface area contributed by atoms with Crippen molar-refractivity contribution in [3.63, 3.8) is 0 Å². The second-order valence-electron chi connectivity index (χ2n) is 6.13. The maximum Gasteiger partial charge on any atom is 0.335 e. The van der Waals surface area contributed by atoms with Gasteiger partial charge in [-0.15, -0.1) is 0 Å². The van der Waals surface area contributed by atoms with Crippen LogP contribution in [0.4, 0.5) is 0 Å². The molecule has 3 aromatic rings. The van der Waals surface area contributed by atoms with Crippen LogP contribution >= 0.6 is 0 Å². The first-order chi connectivity index (χ1) is 14.2. The van der Waals surface area contributed by atoms with Gasteiger partial charge in [-0.1, -0.05) is 67.2 Å². The summed E-state index contributed by atoms with van der Waals surface area (Å²) in [5, 5.41) is 0. The molecule has 0 aliphatic rings. The highest BCUT2D eigenvalue weighted by molar-refractivity contribution is 5.83. The van der Waals surface area contributed by atoms with E-state index in [1.54, 1.807) is 12.1 Å². The van der Waals surface area contributed by atoms with E-state index in [2.05, 4.69) is 6.58 Å². The van der Waals surface area contributed by atoms with Crippen molar-refractivity contribution >= 4 is 5.97 Å². The fourth-order valence-electron chi connectivity index (χ4n) is 2.64. The van der Waals surface area contributed by atoms with E-state index in [0.717, 1.165) is 17.2 Å². The molecule has 0 aromatic heterocycles. The van der Waals surface area contributed by atoms with Crippen LogP contribution in [-0.2, 0) is 18.0 Å². The summed E-state index contributed by atoms with van der Waals surface area (Å²) in [5.41, 5.74) is 2.00. The monoisotopic (exact) mass is 390 g/mol. The van der Waals surface area contributed by atoms with Crippen molar-refractivity contribution in [3.8, 4) is 23.0 Å². The van der Waals surface area contributed by atoms with Gasteiger partial charge in [-0.2, -0.15) is 0 Å². The molecule has 29 heavy (non-hydrogen) atoms. The maximum atomic E-state index is 11.6. The summed E-state index contributed by atoms with van der Waals surface area (Å²) in [7, 11) is 1.52. The average Bonchev–Trinajstić information content (AvgIpc) is 2.77. The molecule has 0 aliphatic heterocycles. The fraction of sp³-hybridized carbons (Fsp3) is 0.125. The predicted octanol–water partition coefficient (Wildman–Crippen LogP) is 4.94. The van der Waals surface area contributed by atoms with Gasteiger partial charge in [-0.05, 0) is 11.1 Å². The molecule has 3 aromatic carbocycles. The Morgan fingerprint density at radius 1 is 0.862 bits per heavy atom. The van der Waals surface area contributed by atoms with Crippen molar-refractivity contribution in [1.29, 1.82) is 0 Å². The largest absolute Gasteiger partial charge is 0.493 e. The molecule has 0 saturated heterocycles. The molecule has 5 nitrogen and oxygen atoms in total. The summed E-state index contributed by atoms with van der Waals surface area (Å²) in [4.78, 5) is 11.6. The lowest BCUT2D eigenvalue weighted by Crippen LogP contribution is -2.06. The third kappa shape index (κ3) is 5.62. The standard InChI is InChI=1S/C24H22O5/c1-3-23(25)29-20-14-21(26-2)24(28-17-19-12-8-5-9-13-19)22(15-20)27-16-18-10-6-4-7-11-18/h3-15H,1,16-17H2,2H3. The molecular weight excluding hydrogens is 368 g/mol. The second-order valence-corrected chi connectivity index (χ2v) is 6.13. The predicted molar refractivity (Wildman–Crippen MR) is 110 cm³/mol. The van der Waals surface area contributed by atoms with Crippen LogP contribution in [0, 0.1) is 0 Å². The van der Waals surface area contributed by atoms with Gasteiger partial charge in [-0.3, -0.25) is 0 Å². The first kappa shape index (κ1) is 20.0. The van der Waals surface area contributed by atoms with Gasteiger partial charge in [0.1, 0.15) is 19.0 Å².